The number of hydrogen-bond donors (Lipinski definition) is 1. The van der Waals surface area contributed by atoms with Gasteiger partial charge in [-0.15, -0.1) is 5.10 Å². The Bertz CT molecular complexity index is 1170. The molecule has 1 atom stereocenters. The summed E-state index contributed by atoms with van der Waals surface area (Å²) in [5, 5.41) is 21.4. The van der Waals surface area contributed by atoms with E-state index in [1.54, 1.807) is 15.4 Å². The smallest absolute Gasteiger partial charge is 0.243 e. The van der Waals surface area contributed by atoms with Crippen molar-refractivity contribution in [3.8, 4) is 28.6 Å². The van der Waals surface area contributed by atoms with Gasteiger partial charge in [0.05, 0.1) is 30.6 Å². The summed E-state index contributed by atoms with van der Waals surface area (Å²) < 4.78 is 3.41. The Morgan fingerprint density at radius 1 is 1.18 bits per heavy atom. The van der Waals surface area contributed by atoms with Crippen LogP contribution in [0.15, 0.2) is 42.9 Å². The molecule has 3 heterocycles. The third kappa shape index (κ3) is 3.52. The lowest BCUT2D eigenvalue weighted by atomic mass is 10.1. The standard InChI is InChI=1S/C19H17ClN8/c1-12(7-8-21)23-19-25-18-17(14-9-22-27(2)10-14)24-16(11-28(18)26-19)13-3-5-15(20)6-4-13/h3-6,9-12H,7H2,1-2H3,(H,23,26)/t12-/m0/s1. The molecule has 1 aromatic carbocycles. The molecule has 0 spiro atoms. The van der Waals surface area contributed by atoms with Crippen LogP contribution < -0.4 is 5.32 Å². The molecule has 0 unspecified atom stereocenters. The molecule has 0 aliphatic heterocycles. The van der Waals surface area contributed by atoms with E-state index < -0.39 is 0 Å². The van der Waals surface area contributed by atoms with Crippen LogP contribution in [-0.4, -0.2) is 35.4 Å². The highest BCUT2D eigenvalue weighted by atomic mass is 35.5. The highest BCUT2D eigenvalue weighted by Crippen LogP contribution is 2.27. The fourth-order valence-electron chi connectivity index (χ4n) is 2.86. The van der Waals surface area contributed by atoms with Crippen LogP contribution >= 0.6 is 11.6 Å². The summed E-state index contributed by atoms with van der Waals surface area (Å²) in [5.41, 5.74) is 3.78. The highest BCUT2D eigenvalue weighted by Gasteiger charge is 2.16. The minimum absolute atomic E-state index is 0.0621. The number of fused-ring (bicyclic) bond motifs is 1. The van der Waals surface area contributed by atoms with Crippen LogP contribution in [-0.2, 0) is 7.05 Å². The van der Waals surface area contributed by atoms with Crippen LogP contribution in [0, 0.1) is 11.3 Å². The Morgan fingerprint density at radius 2 is 1.96 bits per heavy atom. The second kappa shape index (κ2) is 7.29. The Kier molecular flexibility index (Phi) is 4.67. The van der Waals surface area contributed by atoms with Crippen molar-refractivity contribution >= 4 is 23.2 Å². The summed E-state index contributed by atoms with van der Waals surface area (Å²) in [6, 6.07) is 9.55. The number of anilines is 1. The van der Waals surface area contributed by atoms with Crippen LogP contribution in [0.2, 0.25) is 5.02 Å². The van der Waals surface area contributed by atoms with E-state index in [1.807, 2.05) is 50.6 Å². The average molecular weight is 393 g/mol. The topological polar surface area (TPSA) is 96.7 Å². The first-order chi connectivity index (χ1) is 13.5. The van der Waals surface area contributed by atoms with E-state index >= 15 is 0 Å². The second-order valence-electron chi connectivity index (χ2n) is 6.50. The second-order valence-corrected chi connectivity index (χ2v) is 6.93. The number of aryl methyl sites for hydroxylation is 1. The lowest BCUT2D eigenvalue weighted by Gasteiger charge is -2.06. The van der Waals surface area contributed by atoms with Crippen molar-refractivity contribution in [2.75, 3.05) is 5.32 Å². The van der Waals surface area contributed by atoms with Crippen LogP contribution in [0.25, 0.3) is 28.2 Å². The van der Waals surface area contributed by atoms with Crippen molar-refractivity contribution in [3.05, 3.63) is 47.9 Å². The molecule has 0 bridgehead atoms. The molecule has 3 aromatic heterocycles. The molecule has 0 radical (unpaired) electrons. The van der Waals surface area contributed by atoms with Gasteiger partial charge in [-0.1, -0.05) is 23.7 Å². The third-order valence-corrected chi connectivity index (χ3v) is 4.46. The first-order valence-electron chi connectivity index (χ1n) is 8.69. The molecule has 0 saturated carbocycles. The highest BCUT2D eigenvalue weighted by molar-refractivity contribution is 6.30. The quantitative estimate of drug-likeness (QED) is 0.557. The van der Waals surface area contributed by atoms with Gasteiger partial charge in [0, 0.05) is 35.4 Å². The number of rotatable bonds is 5. The van der Waals surface area contributed by atoms with Gasteiger partial charge >= 0.3 is 0 Å². The lowest BCUT2D eigenvalue weighted by Crippen LogP contribution is -2.15. The Hall–Kier alpha value is -3.44. The van der Waals surface area contributed by atoms with Gasteiger partial charge in [0.1, 0.15) is 5.69 Å². The predicted octanol–water partition coefficient (Wildman–Crippen LogP) is 3.56. The number of nitrogens with one attached hydrogen (secondary N) is 1. The Morgan fingerprint density at radius 3 is 2.64 bits per heavy atom. The van der Waals surface area contributed by atoms with Crippen molar-refractivity contribution in [2.45, 2.75) is 19.4 Å². The van der Waals surface area contributed by atoms with Gasteiger partial charge in [0.25, 0.3) is 0 Å². The fourth-order valence-corrected chi connectivity index (χ4v) is 2.98. The van der Waals surface area contributed by atoms with E-state index in [-0.39, 0.29) is 6.04 Å². The van der Waals surface area contributed by atoms with Gasteiger partial charge < -0.3 is 5.32 Å². The van der Waals surface area contributed by atoms with Gasteiger partial charge in [-0.05, 0) is 19.1 Å². The average Bonchev–Trinajstić information content (AvgIpc) is 3.27. The largest absolute Gasteiger partial charge is 0.349 e. The van der Waals surface area contributed by atoms with Crippen LogP contribution in [0.4, 0.5) is 5.95 Å². The number of hydrogen-bond acceptors (Lipinski definition) is 6. The van der Waals surface area contributed by atoms with Crippen LogP contribution in [0.5, 0.6) is 0 Å². The maximum atomic E-state index is 8.87. The van der Waals surface area contributed by atoms with Crippen molar-refractivity contribution in [2.24, 2.45) is 7.05 Å². The number of aromatic nitrogens is 6. The minimum atomic E-state index is -0.0621. The van der Waals surface area contributed by atoms with Crippen LogP contribution in [0.3, 0.4) is 0 Å². The molecule has 140 valence electrons. The summed E-state index contributed by atoms with van der Waals surface area (Å²) in [6.07, 6.45) is 5.81. The van der Waals surface area contributed by atoms with Crippen molar-refractivity contribution in [3.63, 3.8) is 0 Å². The molecular weight excluding hydrogens is 376 g/mol. The Balaban J connectivity index is 1.86. The number of benzene rings is 1. The maximum absolute atomic E-state index is 8.87. The van der Waals surface area contributed by atoms with E-state index in [9.17, 15) is 0 Å². The number of nitriles is 1. The number of nitrogens with zero attached hydrogens (tertiary/aromatic N) is 7. The molecule has 0 aliphatic carbocycles. The fraction of sp³-hybridized carbons (Fsp3) is 0.211. The zero-order chi connectivity index (χ0) is 19.7. The predicted molar refractivity (Wildman–Crippen MR) is 107 cm³/mol. The summed E-state index contributed by atoms with van der Waals surface area (Å²) in [5.74, 6) is 0.447. The van der Waals surface area contributed by atoms with Gasteiger partial charge in [-0.2, -0.15) is 15.3 Å². The molecule has 28 heavy (non-hydrogen) atoms. The normalized spacial score (nSPS) is 12.1. The van der Waals surface area contributed by atoms with E-state index in [2.05, 4.69) is 26.6 Å². The molecule has 0 saturated heterocycles. The summed E-state index contributed by atoms with van der Waals surface area (Å²) in [7, 11) is 1.85. The van der Waals surface area contributed by atoms with Gasteiger partial charge in [-0.3, -0.25) is 4.68 Å². The first-order valence-corrected chi connectivity index (χ1v) is 9.07. The molecule has 4 rings (SSSR count). The third-order valence-electron chi connectivity index (χ3n) is 4.21. The van der Waals surface area contributed by atoms with Crippen LogP contribution in [0.1, 0.15) is 13.3 Å². The zero-order valence-corrected chi connectivity index (χ0v) is 16.1. The van der Waals surface area contributed by atoms with Crippen molar-refractivity contribution in [1.29, 1.82) is 5.26 Å². The van der Waals surface area contributed by atoms with E-state index in [4.69, 9.17) is 21.8 Å². The van der Waals surface area contributed by atoms with E-state index in [0.29, 0.717) is 28.7 Å². The molecule has 8 nitrogen and oxygen atoms in total. The van der Waals surface area contributed by atoms with E-state index in [1.165, 1.54) is 0 Å². The maximum Gasteiger partial charge on any atom is 0.243 e. The molecule has 1 N–H and O–H groups in total. The first kappa shape index (κ1) is 17.9. The van der Waals surface area contributed by atoms with Gasteiger partial charge in [0.2, 0.25) is 5.95 Å². The van der Waals surface area contributed by atoms with Crippen molar-refractivity contribution < 1.29 is 0 Å². The Labute approximate surface area is 166 Å². The molecule has 4 aromatic rings. The molecular formula is C19H17ClN8. The monoisotopic (exact) mass is 392 g/mol. The minimum Gasteiger partial charge on any atom is -0.349 e. The van der Waals surface area contributed by atoms with Crippen molar-refractivity contribution in [1.82, 2.24) is 29.4 Å². The molecule has 0 amide bonds. The molecule has 9 heteroatoms. The summed E-state index contributed by atoms with van der Waals surface area (Å²) in [4.78, 5) is 9.39. The number of halogens is 1. The lowest BCUT2D eigenvalue weighted by molar-refractivity contribution is 0.768. The zero-order valence-electron chi connectivity index (χ0n) is 15.3. The summed E-state index contributed by atoms with van der Waals surface area (Å²) in [6.45, 7) is 1.91. The SMILES string of the molecule is C[C@@H](CC#N)Nc1nc2c(-c3cnn(C)c3)nc(-c3ccc(Cl)cc3)cn2n1. The molecule has 0 aliphatic rings. The van der Waals surface area contributed by atoms with Gasteiger partial charge in [0.15, 0.2) is 5.65 Å². The van der Waals surface area contributed by atoms with E-state index in [0.717, 1.165) is 16.8 Å². The summed E-state index contributed by atoms with van der Waals surface area (Å²) >= 11 is 6.01. The van der Waals surface area contributed by atoms with Gasteiger partial charge in [-0.25, -0.2) is 9.50 Å². The molecule has 0 fully saturated rings.